The predicted octanol–water partition coefficient (Wildman–Crippen LogP) is 5.55. The molecular weight excluding hydrogens is 444 g/mol. The van der Waals surface area contributed by atoms with Crippen molar-refractivity contribution in [1.29, 1.82) is 0 Å². The Balaban J connectivity index is 1.67. The summed E-state index contributed by atoms with van der Waals surface area (Å²) in [5, 5.41) is 12.7. The predicted molar refractivity (Wildman–Crippen MR) is 131 cm³/mol. The molecule has 32 heavy (non-hydrogen) atoms. The fourth-order valence-corrected chi connectivity index (χ4v) is 4.21. The number of hydrogen-bond acceptors (Lipinski definition) is 5. The van der Waals surface area contributed by atoms with Crippen molar-refractivity contribution in [2.75, 3.05) is 11.1 Å². The van der Waals surface area contributed by atoms with E-state index in [1.54, 1.807) is 18.2 Å². The van der Waals surface area contributed by atoms with E-state index in [2.05, 4.69) is 35.9 Å². The van der Waals surface area contributed by atoms with E-state index < -0.39 is 0 Å². The lowest BCUT2D eigenvalue weighted by atomic mass is 10.0. The van der Waals surface area contributed by atoms with Crippen LogP contribution in [0.5, 0.6) is 5.75 Å². The molecule has 6 nitrogen and oxygen atoms in total. The fourth-order valence-electron chi connectivity index (χ4n) is 3.26. The van der Waals surface area contributed by atoms with E-state index in [4.69, 9.17) is 16.3 Å². The average molecular weight is 471 g/mol. The van der Waals surface area contributed by atoms with E-state index in [1.165, 1.54) is 11.8 Å². The van der Waals surface area contributed by atoms with Crippen molar-refractivity contribution in [3.63, 3.8) is 0 Å². The molecule has 0 aliphatic heterocycles. The number of nitrogens with zero attached hydrogens (tertiary/aromatic N) is 3. The zero-order valence-corrected chi connectivity index (χ0v) is 19.9. The van der Waals surface area contributed by atoms with Gasteiger partial charge in [-0.05, 0) is 36.1 Å². The number of hydrogen-bond donors (Lipinski definition) is 1. The van der Waals surface area contributed by atoms with Crippen molar-refractivity contribution in [1.82, 2.24) is 14.8 Å². The zero-order chi connectivity index (χ0) is 22.9. The molecule has 168 valence electrons. The largest absolute Gasteiger partial charge is 0.484 e. The summed E-state index contributed by atoms with van der Waals surface area (Å²) in [6.45, 7) is 8.71. The number of aryl methyl sites for hydroxylation is 2. The molecule has 2 aromatic carbocycles. The summed E-state index contributed by atoms with van der Waals surface area (Å²) in [7, 11) is 0. The molecule has 1 amide bonds. The average Bonchev–Trinajstić information content (AvgIpc) is 3.19. The van der Waals surface area contributed by atoms with Crippen LogP contribution in [0.25, 0.3) is 0 Å². The number of thioether (sulfide) groups is 1. The van der Waals surface area contributed by atoms with Gasteiger partial charge in [-0.15, -0.1) is 16.8 Å². The first kappa shape index (κ1) is 23.9. The number of aromatic nitrogens is 3. The van der Waals surface area contributed by atoms with Crippen LogP contribution < -0.4 is 10.1 Å². The third-order valence-corrected chi connectivity index (χ3v) is 6.17. The molecule has 0 saturated heterocycles. The van der Waals surface area contributed by atoms with Gasteiger partial charge in [0.15, 0.2) is 11.0 Å². The first-order valence-corrected chi connectivity index (χ1v) is 11.9. The van der Waals surface area contributed by atoms with E-state index in [-0.39, 0.29) is 18.3 Å². The maximum atomic E-state index is 12.7. The quantitative estimate of drug-likeness (QED) is 0.294. The number of rotatable bonds is 11. The monoisotopic (exact) mass is 470 g/mol. The SMILES string of the molecule is C=CCn1c(COc2ccccc2Cl)nnc1SCC(=O)Nc1c(CC)cccc1CC. The molecule has 0 saturated carbocycles. The molecular formula is C24H27ClN4O2S. The fraction of sp³-hybridized carbons (Fsp3) is 0.292. The number of benzene rings is 2. The van der Waals surface area contributed by atoms with Crippen LogP contribution in [0.4, 0.5) is 5.69 Å². The van der Waals surface area contributed by atoms with E-state index >= 15 is 0 Å². The number of nitrogens with one attached hydrogen (secondary N) is 1. The van der Waals surface area contributed by atoms with Gasteiger partial charge in [0.1, 0.15) is 12.4 Å². The summed E-state index contributed by atoms with van der Waals surface area (Å²) in [6.07, 6.45) is 3.48. The molecule has 0 fully saturated rings. The highest BCUT2D eigenvalue weighted by Gasteiger charge is 2.16. The first-order valence-electron chi connectivity index (χ1n) is 10.5. The Morgan fingerprint density at radius 3 is 2.53 bits per heavy atom. The maximum Gasteiger partial charge on any atom is 0.234 e. The topological polar surface area (TPSA) is 69.0 Å². The smallest absolute Gasteiger partial charge is 0.234 e. The highest BCUT2D eigenvalue weighted by molar-refractivity contribution is 7.99. The van der Waals surface area contributed by atoms with E-state index in [1.807, 2.05) is 34.9 Å². The molecule has 1 aromatic heterocycles. The lowest BCUT2D eigenvalue weighted by Gasteiger charge is -2.14. The van der Waals surface area contributed by atoms with Crippen molar-refractivity contribution >= 4 is 35.0 Å². The minimum atomic E-state index is -0.0763. The van der Waals surface area contributed by atoms with E-state index in [9.17, 15) is 4.79 Å². The van der Waals surface area contributed by atoms with Crippen LogP contribution in [0.15, 0.2) is 60.3 Å². The number of para-hydroxylation sites is 2. The van der Waals surface area contributed by atoms with Gasteiger partial charge in [-0.3, -0.25) is 9.36 Å². The summed E-state index contributed by atoms with van der Waals surface area (Å²) in [4.78, 5) is 12.7. The van der Waals surface area contributed by atoms with Crippen LogP contribution in [0, 0.1) is 0 Å². The first-order chi connectivity index (χ1) is 15.6. The second kappa shape index (κ2) is 11.7. The van der Waals surface area contributed by atoms with Gasteiger partial charge < -0.3 is 10.1 Å². The standard InChI is InChI=1S/C24H27ClN4O2S/c1-4-14-29-21(15-31-20-13-8-7-12-19(20)25)27-28-24(29)32-16-22(30)26-23-17(5-2)10-9-11-18(23)6-3/h4,7-13H,1,5-6,14-16H2,2-3H3,(H,26,30). The van der Waals surface area contributed by atoms with Gasteiger partial charge in [-0.2, -0.15) is 0 Å². The minimum Gasteiger partial charge on any atom is -0.484 e. The van der Waals surface area contributed by atoms with Crippen molar-refractivity contribution in [2.24, 2.45) is 0 Å². The number of carbonyl (C=O) groups is 1. The molecule has 3 aromatic rings. The van der Waals surface area contributed by atoms with Gasteiger partial charge in [0.2, 0.25) is 5.91 Å². The van der Waals surface area contributed by atoms with Crippen molar-refractivity contribution in [3.05, 3.63) is 77.1 Å². The molecule has 0 atom stereocenters. The number of amides is 1. The van der Waals surface area contributed by atoms with Gasteiger partial charge in [0.05, 0.1) is 10.8 Å². The Morgan fingerprint density at radius 1 is 1.16 bits per heavy atom. The molecule has 0 aliphatic rings. The van der Waals surface area contributed by atoms with Crippen molar-refractivity contribution < 1.29 is 9.53 Å². The van der Waals surface area contributed by atoms with Gasteiger partial charge in [-0.25, -0.2) is 0 Å². The highest BCUT2D eigenvalue weighted by Crippen LogP contribution is 2.26. The number of halogens is 1. The molecule has 0 spiro atoms. The Labute approximate surface area is 198 Å². The highest BCUT2D eigenvalue weighted by atomic mass is 35.5. The summed E-state index contributed by atoms with van der Waals surface area (Å²) >= 11 is 7.49. The Morgan fingerprint density at radius 2 is 1.88 bits per heavy atom. The summed E-state index contributed by atoms with van der Waals surface area (Å²) in [5.74, 6) is 1.36. The van der Waals surface area contributed by atoms with Crippen LogP contribution >= 0.6 is 23.4 Å². The Bertz CT molecular complexity index is 1060. The lowest BCUT2D eigenvalue weighted by molar-refractivity contribution is -0.113. The molecule has 8 heteroatoms. The third-order valence-electron chi connectivity index (χ3n) is 4.89. The summed E-state index contributed by atoms with van der Waals surface area (Å²) in [5.41, 5.74) is 3.19. The molecule has 0 unspecified atom stereocenters. The second-order valence-electron chi connectivity index (χ2n) is 7.01. The van der Waals surface area contributed by atoms with E-state index in [0.717, 1.165) is 29.7 Å². The lowest BCUT2D eigenvalue weighted by Crippen LogP contribution is -2.17. The second-order valence-corrected chi connectivity index (χ2v) is 8.36. The Hall–Kier alpha value is -2.77. The van der Waals surface area contributed by atoms with Crippen LogP contribution in [-0.4, -0.2) is 26.4 Å². The van der Waals surface area contributed by atoms with Gasteiger partial charge in [0, 0.05) is 12.2 Å². The van der Waals surface area contributed by atoms with Crippen molar-refractivity contribution in [2.45, 2.75) is 45.0 Å². The van der Waals surface area contributed by atoms with Gasteiger partial charge >= 0.3 is 0 Å². The zero-order valence-electron chi connectivity index (χ0n) is 18.3. The molecule has 0 bridgehead atoms. The van der Waals surface area contributed by atoms with Crippen LogP contribution in [0.3, 0.4) is 0 Å². The van der Waals surface area contributed by atoms with Crippen LogP contribution in [-0.2, 0) is 30.8 Å². The van der Waals surface area contributed by atoms with Gasteiger partial charge in [-0.1, -0.05) is 73.6 Å². The van der Waals surface area contributed by atoms with Gasteiger partial charge in [0.25, 0.3) is 0 Å². The molecule has 0 aliphatic carbocycles. The van der Waals surface area contributed by atoms with Crippen LogP contribution in [0.1, 0.15) is 30.8 Å². The number of ether oxygens (including phenoxy) is 1. The number of anilines is 1. The number of allylic oxidation sites excluding steroid dienone is 1. The third kappa shape index (κ3) is 5.93. The maximum absolute atomic E-state index is 12.7. The number of carbonyl (C=O) groups excluding carboxylic acids is 1. The molecule has 0 radical (unpaired) electrons. The summed E-state index contributed by atoms with van der Waals surface area (Å²) < 4.78 is 7.69. The van der Waals surface area contributed by atoms with Crippen molar-refractivity contribution in [3.8, 4) is 5.75 Å². The Kier molecular flexibility index (Phi) is 8.76. The molecule has 1 heterocycles. The molecule has 3 rings (SSSR count). The minimum absolute atomic E-state index is 0.0763. The summed E-state index contributed by atoms with van der Waals surface area (Å²) in [6, 6.07) is 13.4. The van der Waals surface area contributed by atoms with Crippen LogP contribution in [0.2, 0.25) is 5.02 Å². The van der Waals surface area contributed by atoms with E-state index in [0.29, 0.717) is 28.3 Å². The normalized spacial score (nSPS) is 10.7. The molecule has 1 N–H and O–H groups in total.